The van der Waals surface area contributed by atoms with E-state index in [1.165, 1.54) is 133 Å². The van der Waals surface area contributed by atoms with Crippen LogP contribution in [0.5, 0.6) is 0 Å². The van der Waals surface area contributed by atoms with Crippen molar-refractivity contribution in [3.8, 4) is 44.5 Å². The van der Waals surface area contributed by atoms with Crippen molar-refractivity contribution in [2.24, 2.45) is 0 Å². The van der Waals surface area contributed by atoms with E-state index in [1.54, 1.807) is 0 Å². The molecule has 0 atom stereocenters. The second-order valence-electron chi connectivity index (χ2n) is 19.1. The monoisotopic (exact) mass is 801 g/mol. The van der Waals surface area contributed by atoms with Gasteiger partial charge in [0.05, 0.1) is 0 Å². The molecule has 8 aromatic rings. The van der Waals surface area contributed by atoms with Gasteiger partial charge in [0.15, 0.2) is 0 Å². The summed E-state index contributed by atoms with van der Waals surface area (Å²) in [6, 6.07) is 71.2. The van der Waals surface area contributed by atoms with Gasteiger partial charge in [0, 0.05) is 33.3 Å². The molecule has 0 radical (unpaired) electrons. The molecule has 62 heavy (non-hydrogen) atoms. The van der Waals surface area contributed by atoms with Crippen LogP contribution in [0.15, 0.2) is 188 Å². The van der Waals surface area contributed by atoms with Crippen LogP contribution in [0.25, 0.3) is 44.5 Å². The molecule has 0 saturated heterocycles. The third-order valence-electron chi connectivity index (χ3n) is 15.0. The van der Waals surface area contributed by atoms with Gasteiger partial charge in [0.2, 0.25) is 0 Å². The molecule has 0 heterocycles. The van der Waals surface area contributed by atoms with E-state index in [4.69, 9.17) is 0 Å². The van der Waals surface area contributed by atoms with Crippen LogP contribution in [0, 0.1) is 0 Å². The molecule has 8 aromatic carbocycles. The molecule has 0 N–H and O–H groups in total. The molecule has 304 valence electrons. The first-order chi connectivity index (χ1) is 30.3. The van der Waals surface area contributed by atoms with Crippen molar-refractivity contribution in [1.82, 2.24) is 0 Å². The van der Waals surface area contributed by atoms with Crippen LogP contribution in [0.1, 0.15) is 99.6 Å². The Morgan fingerprint density at radius 2 is 0.823 bits per heavy atom. The smallest absolute Gasteiger partial charge is 0.0468 e. The van der Waals surface area contributed by atoms with Crippen LogP contribution in [-0.2, 0) is 16.2 Å². The summed E-state index contributed by atoms with van der Waals surface area (Å²) in [6.07, 6.45) is 7.54. The predicted molar refractivity (Wildman–Crippen MR) is 262 cm³/mol. The molecule has 1 fully saturated rings. The number of hydrogen-bond donors (Lipinski definition) is 0. The van der Waals surface area contributed by atoms with Crippen LogP contribution in [0.4, 0.5) is 17.1 Å². The van der Waals surface area contributed by atoms with E-state index in [0.29, 0.717) is 0 Å². The van der Waals surface area contributed by atoms with Gasteiger partial charge in [-0.3, -0.25) is 0 Å². The molecule has 0 aromatic heterocycles. The van der Waals surface area contributed by atoms with Gasteiger partial charge in [-0.2, -0.15) is 0 Å². The Bertz CT molecular complexity index is 2930. The molecule has 0 amide bonds. The van der Waals surface area contributed by atoms with E-state index in [2.05, 4.69) is 221 Å². The standard InChI is InChI=1S/C61H55N/c1-59(2)53-37-35-47(40-52(53)58-50(27-19-29-55(58)59)43-22-12-8-13-23-43)62(46-32-30-45(31-33-46)61(38-16-5-6-17-39-61)44-24-14-9-15-25-44)48-34-36-51-56(41-48)60(3,4)54-28-18-26-49(57(51)54)42-20-10-7-11-21-42/h7-15,18-37,40-41H,5-6,16-17,38-39H2,1-4H3. The average molecular weight is 802 g/mol. The maximum atomic E-state index is 2.53. The normalized spacial score (nSPS) is 16.4. The lowest BCUT2D eigenvalue weighted by Gasteiger charge is -2.35. The van der Waals surface area contributed by atoms with Crippen molar-refractivity contribution in [3.05, 3.63) is 221 Å². The zero-order valence-corrected chi connectivity index (χ0v) is 36.6. The summed E-state index contributed by atoms with van der Waals surface area (Å²) in [5.41, 5.74) is 22.2. The van der Waals surface area contributed by atoms with Crippen LogP contribution >= 0.6 is 0 Å². The quantitative estimate of drug-likeness (QED) is 0.145. The van der Waals surface area contributed by atoms with Gasteiger partial charge >= 0.3 is 0 Å². The Hall–Kier alpha value is -6.44. The lowest BCUT2D eigenvalue weighted by Crippen LogP contribution is -2.27. The predicted octanol–water partition coefficient (Wildman–Crippen LogP) is 16.7. The van der Waals surface area contributed by atoms with E-state index in [0.717, 1.165) is 0 Å². The number of nitrogens with zero attached hydrogens (tertiary/aromatic N) is 1. The van der Waals surface area contributed by atoms with Crippen molar-refractivity contribution in [2.45, 2.75) is 82.5 Å². The van der Waals surface area contributed by atoms with E-state index in [9.17, 15) is 0 Å². The van der Waals surface area contributed by atoms with E-state index in [1.807, 2.05) is 0 Å². The summed E-state index contributed by atoms with van der Waals surface area (Å²) >= 11 is 0. The second kappa shape index (κ2) is 14.9. The van der Waals surface area contributed by atoms with E-state index >= 15 is 0 Å². The zero-order chi connectivity index (χ0) is 42.1. The SMILES string of the molecule is CC1(C)c2ccc(N(c3ccc(C4(c5ccccc5)CCCCCC4)cc3)c3ccc4c(c3)C(C)(C)c3cccc(-c5ccccc5)c3-4)cc2-c2c(-c3ccccc3)cccc21. The van der Waals surface area contributed by atoms with Gasteiger partial charge in [0.25, 0.3) is 0 Å². The van der Waals surface area contributed by atoms with Crippen LogP contribution in [0.3, 0.4) is 0 Å². The highest BCUT2D eigenvalue weighted by Crippen LogP contribution is 2.56. The van der Waals surface area contributed by atoms with E-state index < -0.39 is 0 Å². The highest BCUT2D eigenvalue weighted by molar-refractivity contribution is 5.96. The highest BCUT2D eigenvalue weighted by Gasteiger charge is 2.40. The van der Waals surface area contributed by atoms with Gasteiger partial charge < -0.3 is 4.90 Å². The Kier molecular flexibility index (Phi) is 9.24. The minimum atomic E-state index is -0.173. The Balaban J connectivity index is 1.10. The lowest BCUT2D eigenvalue weighted by atomic mass is 9.69. The molecule has 0 aliphatic heterocycles. The number of benzene rings is 8. The largest absolute Gasteiger partial charge is 0.310 e. The second-order valence-corrected chi connectivity index (χ2v) is 19.1. The Labute approximate surface area is 368 Å². The fourth-order valence-electron chi connectivity index (χ4n) is 11.8. The first-order valence-electron chi connectivity index (χ1n) is 22.9. The van der Waals surface area contributed by atoms with Crippen LogP contribution < -0.4 is 4.90 Å². The number of anilines is 3. The molecule has 0 spiro atoms. The van der Waals surface area contributed by atoms with Gasteiger partial charge in [-0.15, -0.1) is 0 Å². The Morgan fingerprint density at radius 3 is 1.42 bits per heavy atom. The van der Waals surface area contributed by atoms with Crippen LogP contribution in [-0.4, -0.2) is 0 Å². The molecule has 0 unspecified atom stereocenters. The molecular weight excluding hydrogens is 747 g/mol. The molecule has 11 rings (SSSR count). The third-order valence-corrected chi connectivity index (χ3v) is 15.0. The summed E-state index contributed by atoms with van der Waals surface area (Å²) in [5, 5.41) is 0. The molecule has 1 nitrogen and oxygen atoms in total. The highest BCUT2D eigenvalue weighted by atomic mass is 15.1. The van der Waals surface area contributed by atoms with Gasteiger partial charge in [-0.05, 0) is 127 Å². The van der Waals surface area contributed by atoms with Crippen molar-refractivity contribution in [2.75, 3.05) is 4.90 Å². The molecular formula is C61H55N. The van der Waals surface area contributed by atoms with Crippen molar-refractivity contribution in [1.29, 1.82) is 0 Å². The number of fused-ring (bicyclic) bond motifs is 6. The molecule has 1 saturated carbocycles. The molecule has 3 aliphatic rings. The van der Waals surface area contributed by atoms with Crippen molar-refractivity contribution < 1.29 is 0 Å². The molecule has 3 aliphatic carbocycles. The average Bonchev–Trinajstić information content (AvgIpc) is 3.51. The number of rotatable bonds is 7. The minimum Gasteiger partial charge on any atom is -0.310 e. The first kappa shape index (κ1) is 38.5. The van der Waals surface area contributed by atoms with Gasteiger partial charge in [-0.1, -0.05) is 205 Å². The molecule has 0 bridgehead atoms. The summed E-state index contributed by atoms with van der Waals surface area (Å²) in [4.78, 5) is 2.53. The fourth-order valence-corrected chi connectivity index (χ4v) is 11.8. The maximum Gasteiger partial charge on any atom is 0.0468 e. The van der Waals surface area contributed by atoms with E-state index in [-0.39, 0.29) is 16.2 Å². The van der Waals surface area contributed by atoms with Crippen molar-refractivity contribution in [3.63, 3.8) is 0 Å². The van der Waals surface area contributed by atoms with Crippen molar-refractivity contribution >= 4 is 17.1 Å². The topological polar surface area (TPSA) is 3.24 Å². The fraction of sp³-hybridized carbons (Fsp3) is 0.213. The van der Waals surface area contributed by atoms with Gasteiger partial charge in [0.1, 0.15) is 0 Å². The lowest BCUT2D eigenvalue weighted by molar-refractivity contribution is 0.446. The number of hydrogen-bond acceptors (Lipinski definition) is 1. The maximum absolute atomic E-state index is 2.53. The zero-order valence-electron chi connectivity index (χ0n) is 36.6. The summed E-state index contributed by atoms with van der Waals surface area (Å²) in [7, 11) is 0. The van der Waals surface area contributed by atoms with Gasteiger partial charge in [-0.25, -0.2) is 0 Å². The molecule has 1 heteroatoms. The third kappa shape index (κ3) is 6.04. The first-order valence-corrected chi connectivity index (χ1v) is 22.9. The Morgan fingerprint density at radius 1 is 0.339 bits per heavy atom. The van der Waals surface area contributed by atoms with Crippen LogP contribution in [0.2, 0.25) is 0 Å². The summed E-state index contributed by atoms with van der Waals surface area (Å²) in [5.74, 6) is 0. The summed E-state index contributed by atoms with van der Waals surface area (Å²) < 4.78 is 0. The summed E-state index contributed by atoms with van der Waals surface area (Å²) in [6.45, 7) is 9.60. The minimum absolute atomic E-state index is 0.0254.